The Kier molecular flexibility index (Phi) is 3.44. The van der Waals surface area contributed by atoms with Crippen molar-refractivity contribution in [2.45, 2.75) is 12.2 Å². The lowest BCUT2D eigenvalue weighted by Crippen LogP contribution is -2.44. The monoisotopic (exact) mass is 264 g/mol. The summed E-state index contributed by atoms with van der Waals surface area (Å²) in [7, 11) is 0. The smallest absolute Gasteiger partial charge is 0.182 e. The minimum atomic E-state index is -0.645. The van der Waals surface area contributed by atoms with Crippen molar-refractivity contribution in [3.63, 3.8) is 0 Å². The molecule has 88 valence electrons. The maximum atomic E-state index is 9.09. The van der Waals surface area contributed by atoms with Crippen LogP contribution in [0.2, 0.25) is 10.0 Å². The van der Waals surface area contributed by atoms with E-state index in [9.17, 15) is 0 Å². The van der Waals surface area contributed by atoms with Crippen LogP contribution in [0.25, 0.3) is 0 Å². The molecule has 16 heavy (non-hydrogen) atoms. The van der Waals surface area contributed by atoms with Gasteiger partial charge in [-0.05, 0) is 12.1 Å². The van der Waals surface area contributed by atoms with Crippen LogP contribution in [0, 0.1) is 0 Å². The highest BCUT2D eigenvalue weighted by Crippen LogP contribution is 2.44. The Bertz CT molecular complexity index is 360. The van der Waals surface area contributed by atoms with Gasteiger partial charge in [-0.1, -0.05) is 23.2 Å². The van der Waals surface area contributed by atoms with Gasteiger partial charge < -0.3 is 19.7 Å². The van der Waals surface area contributed by atoms with Crippen LogP contribution in [-0.2, 0) is 0 Å². The fourth-order valence-electron chi connectivity index (χ4n) is 1.50. The largest absolute Gasteiger partial charge is 0.478 e. The van der Waals surface area contributed by atoms with Crippen molar-refractivity contribution in [3.05, 3.63) is 22.2 Å². The quantitative estimate of drug-likeness (QED) is 0.850. The third-order valence-corrected chi connectivity index (χ3v) is 2.92. The molecule has 0 radical (unpaired) electrons. The molecule has 2 atom stereocenters. The predicted octanol–water partition coefficient (Wildman–Crippen LogP) is 1.49. The third kappa shape index (κ3) is 1.94. The first-order valence-corrected chi connectivity index (χ1v) is 5.46. The van der Waals surface area contributed by atoms with Gasteiger partial charge in [0, 0.05) is 0 Å². The maximum Gasteiger partial charge on any atom is 0.182 e. The molecular weight excluding hydrogens is 255 g/mol. The SMILES string of the molecule is OC[C@H]1Oc2c(Cl)ccc(Cl)c2O[C@@H]1CO. The van der Waals surface area contributed by atoms with E-state index in [0.29, 0.717) is 21.5 Å². The van der Waals surface area contributed by atoms with Gasteiger partial charge in [0.2, 0.25) is 0 Å². The second kappa shape index (κ2) is 4.67. The maximum absolute atomic E-state index is 9.09. The summed E-state index contributed by atoms with van der Waals surface area (Å²) in [6, 6.07) is 3.17. The van der Waals surface area contributed by atoms with Gasteiger partial charge in [0.05, 0.1) is 23.3 Å². The van der Waals surface area contributed by atoms with Gasteiger partial charge >= 0.3 is 0 Å². The lowest BCUT2D eigenvalue weighted by Gasteiger charge is -2.32. The molecule has 0 bridgehead atoms. The van der Waals surface area contributed by atoms with Gasteiger partial charge in [-0.15, -0.1) is 0 Å². The zero-order chi connectivity index (χ0) is 11.7. The highest BCUT2D eigenvalue weighted by Gasteiger charge is 2.33. The van der Waals surface area contributed by atoms with Gasteiger partial charge in [-0.2, -0.15) is 0 Å². The number of benzene rings is 1. The second-order valence-corrected chi connectivity index (χ2v) is 4.18. The number of fused-ring (bicyclic) bond motifs is 1. The van der Waals surface area contributed by atoms with Crippen LogP contribution in [-0.4, -0.2) is 35.6 Å². The molecule has 1 aromatic carbocycles. The Morgan fingerprint density at radius 1 is 0.938 bits per heavy atom. The van der Waals surface area contributed by atoms with E-state index < -0.39 is 12.2 Å². The predicted molar refractivity (Wildman–Crippen MR) is 59.5 cm³/mol. The number of aliphatic hydroxyl groups is 2. The van der Waals surface area contributed by atoms with Crippen LogP contribution in [0.5, 0.6) is 11.5 Å². The second-order valence-electron chi connectivity index (χ2n) is 3.37. The summed E-state index contributed by atoms with van der Waals surface area (Å²) in [6.07, 6.45) is -1.29. The minimum Gasteiger partial charge on any atom is -0.478 e. The number of aliphatic hydroxyl groups excluding tert-OH is 2. The fourth-order valence-corrected chi connectivity index (χ4v) is 1.89. The van der Waals surface area contributed by atoms with Gasteiger partial charge in [-0.25, -0.2) is 0 Å². The van der Waals surface area contributed by atoms with Crippen LogP contribution in [0.15, 0.2) is 12.1 Å². The van der Waals surface area contributed by atoms with Crippen LogP contribution >= 0.6 is 23.2 Å². The molecule has 0 saturated heterocycles. The third-order valence-electron chi connectivity index (χ3n) is 2.33. The highest BCUT2D eigenvalue weighted by molar-refractivity contribution is 6.35. The number of rotatable bonds is 2. The van der Waals surface area contributed by atoms with Crippen molar-refractivity contribution >= 4 is 23.2 Å². The highest BCUT2D eigenvalue weighted by atomic mass is 35.5. The summed E-state index contributed by atoms with van der Waals surface area (Å²) in [5.74, 6) is 0.607. The molecule has 1 heterocycles. The molecule has 1 aliphatic heterocycles. The van der Waals surface area contributed by atoms with Crippen molar-refractivity contribution < 1.29 is 19.7 Å². The molecule has 4 nitrogen and oxygen atoms in total. The lowest BCUT2D eigenvalue weighted by molar-refractivity contribution is -0.0348. The summed E-state index contributed by atoms with van der Waals surface area (Å²) in [5.41, 5.74) is 0. The van der Waals surface area contributed by atoms with Crippen LogP contribution < -0.4 is 9.47 Å². The summed E-state index contributed by atoms with van der Waals surface area (Å²) in [5, 5.41) is 18.9. The Hall–Kier alpha value is -0.680. The van der Waals surface area contributed by atoms with E-state index in [4.69, 9.17) is 42.9 Å². The molecule has 0 unspecified atom stereocenters. The molecule has 0 fully saturated rings. The van der Waals surface area contributed by atoms with E-state index in [1.807, 2.05) is 0 Å². The summed E-state index contributed by atoms with van der Waals surface area (Å²) in [4.78, 5) is 0. The Labute approximate surface area is 102 Å². The minimum absolute atomic E-state index is 0.270. The average Bonchev–Trinajstić information content (AvgIpc) is 2.32. The molecule has 0 spiro atoms. The van der Waals surface area contributed by atoms with E-state index in [2.05, 4.69) is 0 Å². The van der Waals surface area contributed by atoms with Crippen molar-refractivity contribution in [1.29, 1.82) is 0 Å². The summed E-state index contributed by atoms with van der Waals surface area (Å²) in [6.45, 7) is -0.541. The van der Waals surface area contributed by atoms with Crippen molar-refractivity contribution in [2.75, 3.05) is 13.2 Å². The van der Waals surface area contributed by atoms with Crippen LogP contribution in [0.3, 0.4) is 0 Å². The van der Waals surface area contributed by atoms with E-state index in [1.165, 1.54) is 0 Å². The molecular formula is C10H10Cl2O4. The topological polar surface area (TPSA) is 58.9 Å². The first kappa shape index (κ1) is 11.8. The number of halogens is 2. The summed E-state index contributed by atoms with van der Waals surface area (Å²) >= 11 is 11.8. The number of ether oxygens (including phenoxy) is 2. The van der Waals surface area contributed by atoms with Gasteiger partial charge in [0.1, 0.15) is 0 Å². The first-order chi connectivity index (χ1) is 7.67. The van der Waals surface area contributed by atoms with E-state index >= 15 is 0 Å². The normalized spacial score (nSPS) is 23.2. The van der Waals surface area contributed by atoms with Crippen molar-refractivity contribution in [3.8, 4) is 11.5 Å². The Morgan fingerprint density at radius 2 is 1.31 bits per heavy atom. The van der Waals surface area contributed by atoms with E-state index in [1.54, 1.807) is 12.1 Å². The first-order valence-electron chi connectivity index (χ1n) is 4.70. The average molecular weight is 265 g/mol. The number of hydrogen-bond acceptors (Lipinski definition) is 4. The van der Waals surface area contributed by atoms with Crippen molar-refractivity contribution in [1.82, 2.24) is 0 Å². The fraction of sp³-hybridized carbons (Fsp3) is 0.400. The molecule has 2 N–H and O–H groups in total. The zero-order valence-electron chi connectivity index (χ0n) is 8.19. The van der Waals surface area contributed by atoms with Crippen molar-refractivity contribution in [2.24, 2.45) is 0 Å². The Balaban J connectivity index is 2.41. The van der Waals surface area contributed by atoms with Crippen LogP contribution in [0.1, 0.15) is 0 Å². The molecule has 0 aromatic heterocycles. The van der Waals surface area contributed by atoms with Gasteiger partial charge in [0.15, 0.2) is 23.7 Å². The van der Waals surface area contributed by atoms with E-state index in [0.717, 1.165) is 0 Å². The van der Waals surface area contributed by atoms with Gasteiger partial charge in [0.25, 0.3) is 0 Å². The lowest BCUT2D eigenvalue weighted by atomic mass is 10.2. The molecule has 1 aromatic rings. The Morgan fingerprint density at radius 3 is 1.62 bits per heavy atom. The molecule has 2 rings (SSSR count). The van der Waals surface area contributed by atoms with Gasteiger partial charge in [-0.3, -0.25) is 0 Å². The number of hydrogen-bond donors (Lipinski definition) is 2. The molecule has 0 saturated carbocycles. The zero-order valence-corrected chi connectivity index (χ0v) is 9.70. The summed E-state index contributed by atoms with van der Waals surface area (Å²) < 4.78 is 10.9. The molecule has 0 amide bonds. The van der Waals surface area contributed by atoms with Crippen LogP contribution in [0.4, 0.5) is 0 Å². The molecule has 1 aliphatic rings. The standard InChI is InChI=1S/C10H10Cl2O4/c11-5-1-2-6(12)10-9(5)15-7(3-13)8(4-14)16-10/h1-2,7-8,13-14H,3-4H2/t7-,8-/m1/s1. The molecule has 6 heteroatoms. The molecule has 0 aliphatic carbocycles. The van der Waals surface area contributed by atoms with E-state index in [-0.39, 0.29) is 13.2 Å².